The molecule has 1 saturated heterocycles. The number of hydrogen-bond donors (Lipinski definition) is 2. The number of anilines is 1. The molecule has 3 heterocycles. The summed E-state index contributed by atoms with van der Waals surface area (Å²) in [5.41, 5.74) is 0.0331. The summed E-state index contributed by atoms with van der Waals surface area (Å²) in [5, 5.41) is 19.5. The molecule has 1 fully saturated rings. The monoisotopic (exact) mass is 465 g/mol. The molecule has 5 rings (SSSR count). The summed E-state index contributed by atoms with van der Waals surface area (Å²) in [7, 11) is 0. The fourth-order valence-corrected chi connectivity index (χ4v) is 4.00. The van der Waals surface area contributed by atoms with Gasteiger partial charge < -0.3 is 10.6 Å². The number of nitrogens with zero attached hydrogens (tertiary/aromatic N) is 5. The third-order valence-electron chi connectivity index (χ3n) is 5.72. The number of amides is 1. The molecule has 4 aromatic rings. The Hall–Kier alpha value is -4.20. The number of hydrogen-bond acceptors (Lipinski definition) is 6. The first-order valence-electron chi connectivity index (χ1n) is 10.7. The van der Waals surface area contributed by atoms with E-state index in [0.29, 0.717) is 24.1 Å². The molecule has 172 valence electrons. The van der Waals surface area contributed by atoms with Crippen LogP contribution in [0.3, 0.4) is 0 Å². The lowest BCUT2D eigenvalue weighted by Gasteiger charge is -2.17. The van der Waals surface area contributed by atoms with Crippen LogP contribution in [-0.2, 0) is 11.0 Å². The number of benzene rings is 2. The molecule has 0 bridgehead atoms. The van der Waals surface area contributed by atoms with Crippen LogP contribution in [0, 0.1) is 11.3 Å². The Bertz CT molecular complexity index is 1440. The van der Waals surface area contributed by atoms with Gasteiger partial charge in [-0.3, -0.25) is 4.79 Å². The number of alkyl halides is 3. The van der Waals surface area contributed by atoms with E-state index in [1.54, 1.807) is 24.3 Å². The number of para-hydroxylation sites is 1. The van der Waals surface area contributed by atoms with Gasteiger partial charge in [-0.2, -0.15) is 22.9 Å². The van der Waals surface area contributed by atoms with Gasteiger partial charge in [-0.1, -0.05) is 6.07 Å². The van der Waals surface area contributed by atoms with E-state index in [9.17, 15) is 18.0 Å². The zero-order chi connectivity index (χ0) is 23.9. The minimum atomic E-state index is -4.63. The minimum Gasteiger partial charge on any atom is -0.354 e. The Kier molecular flexibility index (Phi) is 5.28. The highest BCUT2D eigenvalue weighted by atomic mass is 19.4. The second-order valence-corrected chi connectivity index (χ2v) is 7.98. The quantitative estimate of drug-likeness (QED) is 0.475. The number of nitriles is 1. The lowest BCUT2D eigenvalue weighted by molar-refractivity contribution is -0.136. The van der Waals surface area contributed by atoms with Crippen LogP contribution >= 0.6 is 0 Å². The third kappa shape index (κ3) is 3.87. The van der Waals surface area contributed by atoms with Gasteiger partial charge in [0.05, 0.1) is 22.7 Å². The molecule has 1 aliphatic rings. The largest absolute Gasteiger partial charge is 0.418 e. The molecule has 0 unspecified atom stereocenters. The van der Waals surface area contributed by atoms with E-state index >= 15 is 0 Å². The summed E-state index contributed by atoms with van der Waals surface area (Å²) in [6.07, 6.45) is -2.54. The normalized spacial score (nSPS) is 16.8. The standard InChI is InChI=1S/C23H18F3N7O/c24-23(25,26)16-5-3-4-15-18(16)30-22(29-17-6-1-2-11-28-21(17)34)33-20(15)31-19(32-33)14-9-7-13(12-27)8-10-14/h3-5,7-10,17H,1-2,6,11H2,(H,28,34)(H,29,30)/t17-/m1/s1. The van der Waals surface area contributed by atoms with Crippen molar-refractivity contribution in [1.82, 2.24) is 24.9 Å². The molecule has 2 aromatic heterocycles. The van der Waals surface area contributed by atoms with Crippen molar-refractivity contribution >= 4 is 28.4 Å². The maximum atomic E-state index is 13.8. The molecule has 1 amide bonds. The molecular weight excluding hydrogens is 447 g/mol. The van der Waals surface area contributed by atoms with Crippen molar-refractivity contribution in [2.75, 3.05) is 11.9 Å². The van der Waals surface area contributed by atoms with E-state index in [1.807, 2.05) is 6.07 Å². The number of carbonyl (C=O) groups is 1. The van der Waals surface area contributed by atoms with Gasteiger partial charge in [0, 0.05) is 17.5 Å². The summed E-state index contributed by atoms with van der Waals surface area (Å²) < 4.78 is 42.6. The van der Waals surface area contributed by atoms with Crippen molar-refractivity contribution in [3.05, 3.63) is 53.6 Å². The molecule has 0 aliphatic carbocycles. The smallest absolute Gasteiger partial charge is 0.354 e. The second kappa shape index (κ2) is 8.30. The predicted molar refractivity (Wildman–Crippen MR) is 118 cm³/mol. The zero-order valence-corrected chi connectivity index (χ0v) is 17.7. The Balaban J connectivity index is 1.72. The van der Waals surface area contributed by atoms with E-state index in [2.05, 4.69) is 25.7 Å². The maximum absolute atomic E-state index is 13.8. The van der Waals surface area contributed by atoms with Crippen LogP contribution in [-0.4, -0.2) is 38.1 Å². The van der Waals surface area contributed by atoms with Crippen LogP contribution in [0.25, 0.3) is 27.9 Å². The lowest BCUT2D eigenvalue weighted by Crippen LogP contribution is -2.38. The third-order valence-corrected chi connectivity index (χ3v) is 5.72. The number of halogens is 3. The Morgan fingerprint density at radius 2 is 1.91 bits per heavy atom. The fourth-order valence-electron chi connectivity index (χ4n) is 4.00. The fraction of sp³-hybridized carbons (Fsp3) is 0.261. The van der Waals surface area contributed by atoms with E-state index < -0.39 is 17.8 Å². The van der Waals surface area contributed by atoms with Gasteiger partial charge in [0.2, 0.25) is 11.9 Å². The molecule has 1 atom stereocenters. The summed E-state index contributed by atoms with van der Waals surface area (Å²) in [6.45, 7) is 0.544. The predicted octanol–water partition coefficient (Wildman–Crippen LogP) is 3.92. The SMILES string of the molecule is N#Cc1ccc(-c2nc3c4cccc(C(F)(F)F)c4nc(N[C@@H]4CCCCNC4=O)n3n2)cc1. The topological polar surface area (TPSA) is 108 Å². The van der Waals surface area contributed by atoms with Crippen molar-refractivity contribution in [1.29, 1.82) is 5.26 Å². The average Bonchev–Trinajstić information content (AvgIpc) is 3.18. The first kappa shape index (κ1) is 21.6. The molecule has 2 aromatic carbocycles. The van der Waals surface area contributed by atoms with Gasteiger partial charge in [0.15, 0.2) is 11.5 Å². The number of carbonyl (C=O) groups excluding carboxylic acids is 1. The van der Waals surface area contributed by atoms with Crippen molar-refractivity contribution < 1.29 is 18.0 Å². The van der Waals surface area contributed by atoms with Crippen molar-refractivity contribution in [2.45, 2.75) is 31.5 Å². The highest BCUT2D eigenvalue weighted by molar-refractivity contribution is 5.95. The number of aromatic nitrogens is 4. The van der Waals surface area contributed by atoms with E-state index in [0.717, 1.165) is 18.9 Å². The number of nitrogens with one attached hydrogen (secondary N) is 2. The zero-order valence-electron chi connectivity index (χ0n) is 17.7. The van der Waals surface area contributed by atoms with Gasteiger partial charge in [-0.25, -0.2) is 9.97 Å². The molecule has 0 radical (unpaired) electrons. The van der Waals surface area contributed by atoms with Gasteiger partial charge in [0.1, 0.15) is 6.04 Å². The van der Waals surface area contributed by atoms with Crippen LogP contribution in [0.4, 0.5) is 19.1 Å². The molecule has 34 heavy (non-hydrogen) atoms. The highest BCUT2D eigenvalue weighted by Crippen LogP contribution is 2.36. The van der Waals surface area contributed by atoms with Crippen LogP contribution in [0.5, 0.6) is 0 Å². The number of rotatable bonds is 3. The van der Waals surface area contributed by atoms with Gasteiger partial charge >= 0.3 is 6.18 Å². The minimum absolute atomic E-state index is 0.00588. The summed E-state index contributed by atoms with van der Waals surface area (Å²) in [4.78, 5) is 21.3. The van der Waals surface area contributed by atoms with Crippen molar-refractivity contribution in [3.8, 4) is 17.5 Å². The molecule has 0 spiro atoms. The average molecular weight is 465 g/mol. The highest BCUT2D eigenvalue weighted by Gasteiger charge is 2.34. The number of fused-ring (bicyclic) bond motifs is 3. The van der Waals surface area contributed by atoms with Crippen LogP contribution in [0.2, 0.25) is 0 Å². The maximum Gasteiger partial charge on any atom is 0.418 e. The first-order chi connectivity index (χ1) is 16.3. The summed E-state index contributed by atoms with van der Waals surface area (Å²) >= 11 is 0. The van der Waals surface area contributed by atoms with Crippen LogP contribution in [0.15, 0.2) is 42.5 Å². The molecule has 2 N–H and O–H groups in total. The lowest BCUT2D eigenvalue weighted by atomic mass is 10.1. The molecule has 0 saturated carbocycles. The molecule has 8 nitrogen and oxygen atoms in total. The summed E-state index contributed by atoms with van der Waals surface area (Å²) in [6, 6.07) is 11.7. The van der Waals surface area contributed by atoms with Gasteiger partial charge in [0.25, 0.3) is 0 Å². The first-order valence-corrected chi connectivity index (χ1v) is 10.7. The molecular formula is C23H18F3N7O. The van der Waals surface area contributed by atoms with E-state index in [-0.39, 0.29) is 34.2 Å². The van der Waals surface area contributed by atoms with E-state index in [4.69, 9.17) is 5.26 Å². The van der Waals surface area contributed by atoms with Crippen molar-refractivity contribution in [2.24, 2.45) is 0 Å². The Labute approximate surface area is 191 Å². The summed E-state index contributed by atoms with van der Waals surface area (Å²) in [5.74, 6) is 0.00213. The van der Waals surface area contributed by atoms with Gasteiger partial charge in [-0.05, 0) is 55.7 Å². The van der Waals surface area contributed by atoms with Crippen molar-refractivity contribution in [3.63, 3.8) is 0 Å². The van der Waals surface area contributed by atoms with E-state index in [1.165, 1.54) is 16.6 Å². The van der Waals surface area contributed by atoms with Crippen LogP contribution in [0.1, 0.15) is 30.4 Å². The van der Waals surface area contributed by atoms with Gasteiger partial charge in [-0.15, -0.1) is 5.10 Å². The van der Waals surface area contributed by atoms with Crippen LogP contribution < -0.4 is 10.6 Å². The molecule has 1 aliphatic heterocycles. The second-order valence-electron chi connectivity index (χ2n) is 7.98. The molecule has 11 heteroatoms. The Morgan fingerprint density at radius 1 is 1.12 bits per heavy atom. The Morgan fingerprint density at radius 3 is 2.65 bits per heavy atom.